The molecule has 0 radical (unpaired) electrons. The van der Waals surface area contributed by atoms with Crippen molar-refractivity contribution in [3.05, 3.63) is 33.2 Å². The summed E-state index contributed by atoms with van der Waals surface area (Å²) in [4.78, 5) is 23.7. The summed E-state index contributed by atoms with van der Waals surface area (Å²) in [5.41, 5.74) is -3.26. The van der Waals surface area contributed by atoms with Gasteiger partial charge in [0, 0.05) is 6.20 Å². The van der Waals surface area contributed by atoms with Gasteiger partial charge >= 0.3 is 6.18 Å². The van der Waals surface area contributed by atoms with Crippen molar-refractivity contribution in [2.24, 2.45) is 5.92 Å². The van der Waals surface area contributed by atoms with Gasteiger partial charge in [0.05, 0.1) is 11.6 Å². The van der Waals surface area contributed by atoms with E-state index in [-0.39, 0.29) is 5.92 Å². The van der Waals surface area contributed by atoms with E-state index < -0.39 is 40.3 Å². The van der Waals surface area contributed by atoms with Gasteiger partial charge in [-0.2, -0.15) is 18.4 Å². The molecule has 5 nitrogen and oxygen atoms in total. The summed E-state index contributed by atoms with van der Waals surface area (Å²) in [7, 11) is 0. The summed E-state index contributed by atoms with van der Waals surface area (Å²) in [6, 6.07) is 2.44. The molecular formula is C14H15ClF3N3O2. The van der Waals surface area contributed by atoms with Crippen LogP contribution in [0.2, 0.25) is 5.02 Å². The Morgan fingerprint density at radius 2 is 2.04 bits per heavy atom. The number of alkyl halides is 3. The SMILES string of the molecule is CC(C)C(C)(C#N)NC(=O)Cn1cc(C(F)(F)F)cc(Cl)c1=O. The molecule has 0 aliphatic heterocycles. The van der Waals surface area contributed by atoms with Crippen molar-refractivity contribution in [2.45, 2.75) is 39.0 Å². The highest BCUT2D eigenvalue weighted by Gasteiger charge is 2.33. The van der Waals surface area contributed by atoms with E-state index in [1.54, 1.807) is 13.8 Å². The standard InChI is InChI=1S/C14H15ClF3N3O2/c1-8(2)13(3,7-19)20-11(22)6-21-5-9(14(16,17)18)4-10(15)12(21)23/h4-5,8H,6H2,1-3H3,(H,20,22). The molecule has 1 aromatic heterocycles. The quantitative estimate of drug-likeness (QED) is 0.907. The summed E-state index contributed by atoms with van der Waals surface area (Å²) >= 11 is 5.50. The first-order valence-corrected chi connectivity index (χ1v) is 6.98. The van der Waals surface area contributed by atoms with Gasteiger partial charge in [-0.25, -0.2) is 0 Å². The van der Waals surface area contributed by atoms with Crippen LogP contribution in [0.15, 0.2) is 17.1 Å². The maximum absolute atomic E-state index is 12.7. The van der Waals surface area contributed by atoms with Crippen LogP contribution in [0.5, 0.6) is 0 Å². The lowest BCUT2D eigenvalue weighted by molar-refractivity contribution is -0.138. The number of halogens is 4. The van der Waals surface area contributed by atoms with E-state index in [1.807, 2.05) is 6.07 Å². The second kappa shape index (κ2) is 6.62. The highest BCUT2D eigenvalue weighted by molar-refractivity contribution is 6.30. The first-order valence-electron chi connectivity index (χ1n) is 6.60. The molecule has 0 bridgehead atoms. The summed E-state index contributed by atoms with van der Waals surface area (Å²) in [6.45, 7) is 4.22. The minimum absolute atomic E-state index is 0.238. The van der Waals surface area contributed by atoms with Crippen LogP contribution in [-0.2, 0) is 17.5 Å². The van der Waals surface area contributed by atoms with Gasteiger partial charge in [-0.05, 0) is 18.9 Å². The number of carbonyl (C=O) groups excluding carboxylic acids is 1. The maximum Gasteiger partial charge on any atom is 0.417 e. The molecule has 0 fully saturated rings. The lowest BCUT2D eigenvalue weighted by Crippen LogP contribution is -2.50. The molecule has 1 unspecified atom stereocenters. The summed E-state index contributed by atoms with van der Waals surface area (Å²) in [6.07, 6.45) is -4.18. The predicted octanol–water partition coefficient (Wildman–Crippen LogP) is 2.57. The highest BCUT2D eigenvalue weighted by Crippen LogP contribution is 2.29. The third kappa shape index (κ3) is 4.48. The fourth-order valence-corrected chi connectivity index (χ4v) is 1.88. The lowest BCUT2D eigenvalue weighted by Gasteiger charge is -2.27. The third-order valence-corrected chi connectivity index (χ3v) is 3.74. The lowest BCUT2D eigenvalue weighted by atomic mass is 9.90. The molecule has 1 aromatic rings. The molecule has 9 heteroatoms. The van der Waals surface area contributed by atoms with Crippen LogP contribution in [0.25, 0.3) is 0 Å². The van der Waals surface area contributed by atoms with Crippen molar-refractivity contribution < 1.29 is 18.0 Å². The van der Waals surface area contributed by atoms with Gasteiger partial charge in [-0.3, -0.25) is 9.59 Å². The molecular weight excluding hydrogens is 335 g/mol. The Kier molecular flexibility index (Phi) is 5.48. The number of pyridine rings is 1. The second-order valence-corrected chi connectivity index (χ2v) is 5.93. The van der Waals surface area contributed by atoms with Crippen molar-refractivity contribution in [3.63, 3.8) is 0 Å². The number of nitrogens with one attached hydrogen (secondary N) is 1. The molecule has 1 amide bonds. The van der Waals surface area contributed by atoms with Gasteiger partial charge in [0.25, 0.3) is 5.56 Å². The van der Waals surface area contributed by atoms with Gasteiger partial charge < -0.3 is 9.88 Å². The largest absolute Gasteiger partial charge is 0.417 e. The second-order valence-electron chi connectivity index (χ2n) is 5.52. The molecule has 0 saturated carbocycles. The Morgan fingerprint density at radius 1 is 1.48 bits per heavy atom. The number of nitriles is 1. The number of amides is 1. The van der Waals surface area contributed by atoms with Gasteiger partial charge in [-0.15, -0.1) is 0 Å². The van der Waals surface area contributed by atoms with E-state index in [0.29, 0.717) is 16.8 Å². The molecule has 0 spiro atoms. The molecule has 1 heterocycles. The molecule has 0 aliphatic carbocycles. The topological polar surface area (TPSA) is 74.9 Å². The Balaban J connectivity index is 3.11. The summed E-state index contributed by atoms with van der Waals surface area (Å²) in [5, 5.41) is 10.9. The van der Waals surface area contributed by atoms with Gasteiger partial charge in [0.2, 0.25) is 5.91 Å². The van der Waals surface area contributed by atoms with Crippen LogP contribution in [0.3, 0.4) is 0 Å². The van der Waals surface area contributed by atoms with Crippen LogP contribution >= 0.6 is 11.6 Å². The van der Waals surface area contributed by atoms with Crippen LogP contribution in [0.4, 0.5) is 13.2 Å². The van der Waals surface area contributed by atoms with E-state index in [2.05, 4.69) is 5.32 Å². The Labute approximate surface area is 135 Å². The van der Waals surface area contributed by atoms with Crippen molar-refractivity contribution >= 4 is 17.5 Å². The highest BCUT2D eigenvalue weighted by atomic mass is 35.5. The van der Waals surface area contributed by atoms with Gasteiger partial charge in [0.1, 0.15) is 17.1 Å². The van der Waals surface area contributed by atoms with Crippen LogP contribution < -0.4 is 10.9 Å². The number of carbonyl (C=O) groups is 1. The summed E-state index contributed by atoms with van der Waals surface area (Å²) < 4.78 is 38.8. The number of nitrogens with zero attached hydrogens (tertiary/aromatic N) is 2. The average molecular weight is 350 g/mol. The molecule has 0 aromatic carbocycles. The van der Waals surface area contributed by atoms with Crippen molar-refractivity contribution in [1.29, 1.82) is 5.26 Å². The van der Waals surface area contributed by atoms with Crippen LogP contribution in [0, 0.1) is 17.2 Å². The number of hydrogen-bond donors (Lipinski definition) is 1. The monoisotopic (exact) mass is 349 g/mol. The maximum atomic E-state index is 12.7. The van der Waals surface area contributed by atoms with E-state index in [9.17, 15) is 22.8 Å². The van der Waals surface area contributed by atoms with Crippen molar-refractivity contribution in [2.75, 3.05) is 0 Å². The van der Waals surface area contributed by atoms with E-state index in [4.69, 9.17) is 16.9 Å². The smallest absolute Gasteiger partial charge is 0.336 e. The zero-order valence-corrected chi connectivity index (χ0v) is 13.4. The van der Waals surface area contributed by atoms with E-state index >= 15 is 0 Å². The number of aromatic nitrogens is 1. The summed E-state index contributed by atoms with van der Waals surface area (Å²) in [5.74, 6) is -1.00. The van der Waals surface area contributed by atoms with Crippen molar-refractivity contribution in [3.8, 4) is 6.07 Å². The molecule has 23 heavy (non-hydrogen) atoms. The predicted molar refractivity (Wildman–Crippen MR) is 77.7 cm³/mol. The van der Waals surface area contributed by atoms with Gasteiger partial charge in [0.15, 0.2) is 0 Å². The fourth-order valence-electron chi connectivity index (χ4n) is 1.66. The van der Waals surface area contributed by atoms with Gasteiger partial charge in [-0.1, -0.05) is 25.4 Å². The van der Waals surface area contributed by atoms with E-state index in [1.165, 1.54) is 6.92 Å². The van der Waals surface area contributed by atoms with Crippen LogP contribution in [0.1, 0.15) is 26.3 Å². The zero-order valence-electron chi connectivity index (χ0n) is 12.7. The Bertz CT molecular complexity index is 707. The average Bonchev–Trinajstić information content (AvgIpc) is 2.41. The van der Waals surface area contributed by atoms with Crippen LogP contribution in [-0.4, -0.2) is 16.0 Å². The molecule has 126 valence electrons. The molecule has 0 saturated heterocycles. The zero-order chi connectivity index (χ0) is 18.0. The van der Waals surface area contributed by atoms with E-state index in [0.717, 1.165) is 0 Å². The minimum Gasteiger partial charge on any atom is -0.336 e. The number of rotatable bonds is 4. The molecule has 1 N–H and O–H groups in total. The Morgan fingerprint density at radius 3 is 2.48 bits per heavy atom. The first kappa shape index (κ1) is 19.0. The van der Waals surface area contributed by atoms with Crippen molar-refractivity contribution in [1.82, 2.24) is 9.88 Å². The minimum atomic E-state index is -4.70. The molecule has 1 rings (SSSR count). The molecule has 1 atom stereocenters. The molecule has 0 aliphatic rings. The third-order valence-electron chi connectivity index (χ3n) is 3.47. The Hall–Kier alpha value is -2.01. The number of hydrogen-bond acceptors (Lipinski definition) is 3. The first-order chi connectivity index (χ1) is 10.4. The fraction of sp³-hybridized carbons (Fsp3) is 0.500. The normalized spacial score (nSPS) is 14.2.